The largest absolute Gasteiger partial charge is 0.756 e. The van der Waals surface area contributed by atoms with E-state index in [9.17, 15) is 19.0 Å². The Morgan fingerprint density at radius 1 is 0.593 bits per heavy atom. The van der Waals surface area contributed by atoms with Crippen LogP contribution in [-0.4, -0.2) is 70.0 Å². The van der Waals surface area contributed by atoms with Crippen molar-refractivity contribution in [3.63, 3.8) is 0 Å². The molecule has 2 atom stereocenters. The van der Waals surface area contributed by atoms with Crippen LogP contribution in [0.25, 0.3) is 0 Å². The first-order chi connectivity index (χ1) is 26.0. The summed E-state index contributed by atoms with van der Waals surface area (Å²) >= 11 is 0. The van der Waals surface area contributed by atoms with Gasteiger partial charge >= 0.3 is 11.9 Å². The number of hydrogen-bond donors (Lipinski definition) is 0. The van der Waals surface area contributed by atoms with E-state index in [1.807, 2.05) is 21.1 Å². The molecule has 0 rings (SSSR count). The third kappa shape index (κ3) is 39.7. The van der Waals surface area contributed by atoms with E-state index in [2.05, 4.69) is 62.5 Å². The van der Waals surface area contributed by atoms with Gasteiger partial charge in [-0.1, -0.05) is 133 Å². The number of phosphoric ester groups is 1. The lowest BCUT2D eigenvalue weighted by molar-refractivity contribution is -0.870. The highest BCUT2D eigenvalue weighted by atomic mass is 31.2. The number of esters is 2. The highest BCUT2D eigenvalue weighted by Gasteiger charge is 2.21. The lowest BCUT2D eigenvalue weighted by Gasteiger charge is -2.28. The smallest absolute Gasteiger partial charge is 0.306 e. The molecule has 0 aliphatic rings. The van der Waals surface area contributed by atoms with Crippen molar-refractivity contribution in [1.82, 2.24) is 0 Å². The van der Waals surface area contributed by atoms with Crippen molar-refractivity contribution in [3.8, 4) is 0 Å². The number of phosphoric acid groups is 1. The number of unbranched alkanes of at least 4 members (excludes halogenated alkanes) is 17. The maximum atomic E-state index is 12.6. The predicted octanol–water partition coefficient (Wildman–Crippen LogP) is 11.3. The van der Waals surface area contributed by atoms with E-state index in [1.54, 1.807) is 0 Å². The number of hydrogen-bond acceptors (Lipinski definition) is 8. The van der Waals surface area contributed by atoms with Gasteiger partial charge in [-0.2, -0.15) is 0 Å². The number of ether oxygens (including phenoxy) is 2. The molecule has 314 valence electrons. The van der Waals surface area contributed by atoms with Crippen LogP contribution in [-0.2, 0) is 32.7 Å². The van der Waals surface area contributed by atoms with Crippen molar-refractivity contribution in [2.75, 3.05) is 47.5 Å². The standard InChI is InChI=1S/C44H80NO8P/c1-6-8-10-12-14-16-18-20-22-24-26-28-30-32-34-36-43(46)50-40-42(41-52-54(48,49)51-39-38-45(3,4)5)53-44(47)37-35-33-31-29-27-25-23-21-19-17-15-13-11-9-7-2/h15-18,20-23,42H,6-14,19,24-41H2,1-5H3/b17-15+,18-16+,22-20+,23-21+/t42-/m1/s1. The quantitative estimate of drug-likeness (QED) is 0.0152. The maximum absolute atomic E-state index is 12.6. The monoisotopic (exact) mass is 782 g/mol. The topological polar surface area (TPSA) is 111 Å². The minimum absolute atomic E-state index is 0.0379. The Morgan fingerprint density at radius 3 is 1.61 bits per heavy atom. The van der Waals surface area contributed by atoms with Gasteiger partial charge in [0.15, 0.2) is 6.10 Å². The molecule has 0 amide bonds. The normalized spacial score (nSPS) is 14.1. The number of likely N-dealkylation sites (N-methyl/N-ethyl adjacent to an activating group) is 1. The second-order valence-electron chi connectivity index (χ2n) is 15.4. The molecule has 0 heterocycles. The lowest BCUT2D eigenvalue weighted by atomic mass is 10.1. The molecule has 0 saturated carbocycles. The van der Waals surface area contributed by atoms with Crippen LogP contribution in [0.3, 0.4) is 0 Å². The Labute approximate surface area is 331 Å². The summed E-state index contributed by atoms with van der Waals surface area (Å²) in [7, 11) is 1.14. The summed E-state index contributed by atoms with van der Waals surface area (Å²) in [6, 6.07) is 0. The highest BCUT2D eigenvalue weighted by molar-refractivity contribution is 7.45. The Hall–Kier alpha value is -2.03. The average molecular weight is 782 g/mol. The fourth-order valence-corrected chi connectivity index (χ4v) is 6.17. The third-order valence-electron chi connectivity index (χ3n) is 8.85. The number of rotatable bonds is 38. The number of carbonyl (C=O) groups excluding carboxylic acids is 2. The minimum Gasteiger partial charge on any atom is -0.756 e. The van der Waals surface area contributed by atoms with E-state index < -0.39 is 32.5 Å². The predicted molar refractivity (Wildman–Crippen MR) is 222 cm³/mol. The molecule has 0 aliphatic heterocycles. The van der Waals surface area contributed by atoms with E-state index in [-0.39, 0.29) is 26.1 Å². The van der Waals surface area contributed by atoms with Crippen molar-refractivity contribution >= 4 is 19.8 Å². The zero-order valence-corrected chi connectivity index (χ0v) is 36.0. The van der Waals surface area contributed by atoms with Gasteiger partial charge in [0.1, 0.15) is 19.8 Å². The first kappa shape index (κ1) is 52.0. The van der Waals surface area contributed by atoms with Crippen molar-refractivity contribution in [1.29, 1.82) is 0 Å². The number of allylic oxidation sites excluding steroid dienone is 8. The van der Waals surface area contributed by atoms with Crippen LogP contribution in [0.4, 0.5) is 0 Å². The third-order valence-corrected chi connectivity index (χ3v) is 9.81. The van der Waals surface area contributed by atoms with Gasteiger partial charge < -0.3 is 27.9 Å². The van der Waals surface area contributed by atoms with Crippen LogP contribution in [0, 0.1) is 0 Å². The van der Waals surface area contributed by atoms with E-state index in [0.717, 1.165) is 77.0 Å². The molecule has 9 nitrogen and oxygen atoms in total. The molecule has 0 aromatic rings. The molecule has 0 N–H and O–H groups in total. The molecule has 0 aromatic heterocycles. The summed E-state index contributed by atoms with van der Waals surface area (Å²) in [5.74, 6) is -0.871. The van der Waals surface area contributed by atoms with Crippen molar-refractivity contribution in [2.45, 2.75) is 174 Å². The lowest BCUT2D eigenvalue weighted by Crippen LogP contribution is -2.37. The molecule has 0 aromatic carbocycles. The SMILES string of the molecule is CCCCC/C=C/C/C=C/CCCCCCCC(=O)O[C@H](COC(=O)CCCCCCC/C=C/C=C/CCCCCC)COP(=O)([O-])OCC[N+](C)(C)C. The second kappa shape index (κ2) is 36.6. The zero-order valence-electron chi connectivity index (χ0n) is 35.2. The van der Waals surface area contributed by atoms with Gasteiger partial charge in [0, 0.05) is 12.8 Å². The van der Waals surface area contributed by atoms with Gasteiger partial charge in [0.2, 0.25) is 0 Å². The maximum Gasteiger partial charge on any atom is 0.306 e. The fourth-order valence-electron chi connectivity index (χ4n) is 5.44. The molecule has 1 unspecified atom stereocenters. The highest BCUT2D eigenvalue weighted by Crippen LogP contribution is 2.38. The Bertz CT molecular complexity index is 1070. The van der Waals surface area contributed by atoms with E-state index in [1.165, 1.54) is 51.4 Å². The summed E-state index contributed by atoms with van der Waals surface area (Å²) in [5, 5.41) is 0. The molecule has 0 aliphatic carbocycles. The number of quaternary nitrogens is 1. The van der Waals surface area contributed by atoms with Crippen LogP contribution in [0.1, 0.15) is 168 Å². The fraction of sp³-hybridized carbons (Fsp3) is 0.773. The van der Waals surface area contributed by atoms with Crippen LogP contribution in [0.5, 0.6) is 0 Å². The Balaban J connectivity index is 4.44. The second-order valence-corrected chi connectivity index (χ2v) is 16.8. The van der Waals surface area contributed by atoms with Gasteiger partial charge in [-0.15, -0.1) is 0 Å². The van der Waals surface area contributed by atoms with E-state index >= 15 is 0 Å². The summed E-state index contributed by atoms with van der Waals surface area (Å²) in [6.07, 6.45) is 41.3. The van der Waals surface area contributed by atoms with Gasteiger partial charge in [-0.25, -0.2) is 0 Å². The molecular formula is C44H80NO8P. The average Bonchev–Trinajstić information content (AvgIpc) is 3.12. The molecule has 0 saturated heterocycles. The van der Waals surface area contributed by atoms with Crippen LogP contribution in [0.15, 0.2) is 48.6 Å². The zero-order chi connectivity index (χ0) is 40.0. The molecule has 0 bridgehead atoms. The molecule has 0 fully saturated rings. The van der Waals surface area contributed by atoms with Crippen molar-refractivity contribution < 1.29 is 42.1 Å². The summed E-state index contributed by atoms with van der Waals surface area (Å²) < 4.78 is 33.8. The Morgan fingerprint density at radius 2 is 1.06 bits per heavy atom. The van der Waals surface area contributed by atoms with Gasteiger partial charge in [-0.05, 0) is 70.6 Å². The molecule has 0 spiro atoms. The summed E-state index contributed by atoms with van der Waals surface area (Å²) in [6.45, 7) is 4.13. The molecule has 54 heavy (non-hydrogen) atoms. The summed E-state index contributed by atoms with van der Waals surface area (Å²) in [4.78, 5) is 37.5. The minimum atomic E-state index is -4.63. The summed E-state index contributed by atoms with van der Waals surface area (Å²) in [5.41, 5.74) is 0. The first-order valence-electron chi connectivity index (χ1n) is 21.4. The first-order valence-corrected chi connectivity index (χ1v) is 22.8. The Kier molecular flexibility index (Phi) is 35.2. The molecule has 10 heteroatoms. The van der Waals surface area contributed by atoms with Crippen LogP contribution in [0.2, 0.25) is 0 Å². The van der Waals surface area contributed by atoms with Gasteiger partial charge in [0.25, 0.3) is 7.82 Å². The molecular weight excluding hydrogens is 701 g/mol. The van der Waals surface area contributed by atoms with E-state index in [0.29, 0.717) is 23.9 Å². The van der Waals surface area contributed by atoms with Gasteiger partial charge in [-0.3, -0.25) is 14.2 Å². The van der Waals surface area contributed by atoms with Crippen molar-refractivity contribution in [2.24, 2.45) is 0 Å². The number of nitrogens with zero attached hydrogens (tertiary/aromatic N) is 1. The van der Waals surface area contributed by atoms with Gasteiger partial charge in [0.05, 0.1) is 27.7 Å². The van der Waals surface area contributed by atoms with Crippen LogP contribution >= 0.6 is 7.82 Å². The molecule has 0 radical (unpaired) electrons. The van der Waals surface area contributed by atoms with E-state index in [4.69, 9.17) is 18.5 Å². The number of carbonyl (C=O) groups is 2. The van der Waals surface area contributed by atoms with Crippen molar-refractivity contribution in [3.05, 3.63) is 48.6 Å². The van der Waals surface area contributed by atoms with Crippen LogP contribution < -0.4 is 4.89 Å².